The van der Waals surface area contributed by atoms with Crippen LogP contribution in [0.15, 0.2) is 54.0 Å². The molecular weight excluding hydrogens is 336 g/mol. The number of anilines is 1. The molecule has 4 aromatic rings. The number of carbonyl (C=O) groups is 1. The van der Waals surface area contributed by atoms with E-state index in [1.165, 1.54) is 11.3 Å². The molecule has 6 nitrogen and oxygen atoms in total. The van der Waals surface area contributed by atoms with Gasteiger partial charge in [0.1, 0.15) is 11.4 Å². The van der Waals surface area contributed by atoms with Crippen molar-refractivity contribution in [3.63, 3.8) is 0 Å². The Kier molecular flexibility index (Phi) is 3.91. The molecule has 2 heterocycles. The van der Waals surface area contributed by atoms with Gasteiger partial charge in [0.2, 0.25) is 0 Å². The standard InChI is InChI=1S/C18H14N4O2S/c1-24-13-6-7-15-14(10-13)16(22-21-15)11-2-4-12(5-3-11)17(23)20-18-19-8-9-25-18/h2-10H,1H3,(H,21,22)(H,19,20,23). The van der Waals surface area contributed by atoms with E-state index in [9.17, 15) is 4.79 Å². The van der Waals surface area contributed by atoms with Crippen LogP contribution < -0.4 is 10.1 Å². The van der Waals surface area contributed by atoms with Crippen LogP contribution in [0, 0.1) is 0 Å². The number of benzene rings is 2. The Hall–Kier alpha value is -3.19. The van der Waals surface area contributed by atoms with Crippen LogP contribution in [0.3, 0.4) is 0 Å². The lowest BCUT2D eigenvalue weighted by Gasteiger charge is -2.04. The van der Waals surface area contributed by atoms with E-state index in [-0.39, 0.29) is 5.91 Å². The van der Waals surface area contributed by atoms with E-state index >= 15 is 0 Å². The van der Waals surface area contributed by atoms with E-state index in [0.717, 1.165) is 27.9 Å². The second-order valence-corrected chi connectivity index (χ2v) is 6.25. The number of H-pyrrole nitrogens is 1. The van der Waals surface area contributed by atoms with Gasteiger partial charge >= 0.3 is 0 Å². The molecule has 0 aliphatic carbocycles. The highest BCUT2D eigenvalue weighted by Gasteiger charge is 2.11. The Bertz CT molecular complexity index is 1020. The Labute approximate surface area is 147 Å². The first-order valence-electron chi connectivity index (χ1n) is 7.58. The van der Waals surface area contributed by atoms with Gasteiger partial charge in [-0.05, 0) is 30.3 Å². The van der Waals surface area contributed by atoms with Crippen LogP contribution in [0.2, 0.25) is 0 Å². The second-order valence-electron chi connectivity index (χ2n) is 5.35. The highest BCUT2D eigenvalue weighted by atomic mass is 32.1. The number of amides is 1. The highest BCUT2D eigenvalue weighted by Crippen LogP contribution is 2.29. The highest BCUT2D eigenvalue weighted by molar-refractivity contribution is 7.13. The molecule has 0 spiro atoms. The summed E-state index contributed by atoms with van der Waals surface area (Å²) in [6, 6.07) is 13.1. The third kappa shape index (κ3) is 2.97. The van der Waals surface area contributed by atoms with Gasteiger partial charge in [0.05, 0.1) is 12.6 Å². The molecule has 0 aliphatic heterocycles. The van der Waals surface area contributed by atoms with Gasteiger partial charge in [-0.1, -0.05) is 12.1 Å². The van der Waals surface area contributed by atoms with Gasteiger partial charge in [-0.25, -0.2) is 4.98 Å². The Morgan fingerprint density at radius 1 is 1.20 bits per heavy atom. The summed E-state index contributed by atoms with van der Waals surface area (Å²) in [7, 11) is 1.64. The Morgan fingerprint density at radius 3 is 2.76 bits per heavy atom. The molecule has 2 aromatic heterocycles. The third-order valence-corrected chi connectivity index (χ3v) is 4.53. The predicted molar refractivity (Wildman–Crippen MR) is 98.1 cm³/mol. The fourth-order valence-corrected chi connectivity index (χ4v) is 3.10. The van der Waals surface area contributed by atoms with Crippen molar-refractivity contribution >= 4 is 33.3 Å². The normalized spacial score (nSPS) is 10.8. The zero-order valence-electron chi connectivity index (χ0n) is 13.3. The molecule has 124 valence electrons. The minimum atomic E-state index is -0.185. The molecule has 1 amide bonds. The number of rotatable bonds is 4. The van der Waals surface area contributed by atoms with Crippen LogP contribution >= 0.6 is 11.3 Å². The molecule has 0 radical (unpaired) electrons. The molecule has 2 N–H and O–H groups in total. The molecule has 7 heteroatoms. The predicted octanol–water partition coefficient (Wildman–Crippen LogP) is 3.95. The molecule has 0 fully saturated rings. The average Bonchev–Trinajstić information content (AvgIpc) is 3.30. The summed E-state index contributed by atoms with van der Waals surface area (Å²) in [6.45, 7) is 0. The van der Waals surface area contributed by atoms with Crippen molar-refractivity contribution in [2.75, 3.05) is 12.4 Å². The maximum atomic E-state index is 12.2. The number of nitrogens with zero attached hydrogens (tertiary/aromatic N) is 2. The van der Waals surface area contributed by atoms with E-state index in [1.54, 1.807) is 25.4 Å². The number of aromatic amines is 1. The number of hydrogen-bond acceptors (Lipinski definition) is 5. The van der Waals surface area contributed by atoms with E-state index in [2.05, 4.69) is 20.5 Å². The molecule has 0 unspecified atom stereocenters. The number of nitrogens with one attached hydrogen (secondary N) is 2. The van der Waals surface area contributed by atoms with Crippen LogP contribution in [0.1, 0.15) is 10.4 Å². The van der Waals surface area contributed by atoms with Gasteiger partial charge in [0, 0.05) is 28.1 Å². The van der Waals surface area contributed by atoms with Crippen molar-refractivity contribution in [1.82, 2.24) is 15.2 Å². The van der Waals surface area contributed by atoms with Gasteiger partial charge < -0.3 is 4.74 Å². The van der Waals surface area contributed by atoms with E-state index in [4.69, 9.17) is 4.74 Å². The molecule has 4 rings (SSSR count). The zero-order valence-corrected chi connectivity index (χ0v) is 14.1. The maximum Gasteiger partial charge on any atom is 0.257 e. The first kappa shape index (κ1) is 15.3. The molecule has 25 heavy (non-hydrogen) atoms. The summed E-state index contributed by atoms with van der Waals surface area (Å²) in [5.74, 6) is 0.588. The first-order valence-corrected chi connectivity index (χ1v) is 8.46. The van der Waals surface area contributed by atoms with E-state index < -0.39 is 0 Å². The zero-order chi connectivity index (χ0) is 17.2. The topological polar surface area (TPSA) is 79.9 Å². The van der Waals surface area contributed by atoms with Gasteiger partial charge in [0.15, 0.2) is 5.13 Å². The maximum absolute atomic E-state index is 12.2. The first-order chi connectivity index (χ1) is 12.2. The SMILES string of the molecule is COc1ccc2[nH]nc(-c3ccc(C(=O)Nc4nccs4)cc3)c2c1. The lowest BCUT2D eigenvalue weighted by Crippen LogP contribution is -2.11. The quantitative estimate of drug-likeness (QED) is 0.584. The number of fused-ring (bicyclic) bond motifs is 1. The number of carbonyl (C=O) groups excluding carboxylic acids is 1. The number of hydrogen-bond donors (Lipinski definition) is 2. The van der Waals surface area contributed by atoms with Crippen molar-refractivity contribution < 1.29 is 9.53 Å². The van der Waals surface area contributed by atoms with Crippen LogP contribution in [-0.2, 0) is 0 Å². The number of ether oxygens (including phenoxy) is 1. The summed E-state index contributed by atoms with van der Waals surface area (Å²) >= 11 is 1.38. The molecule has 0 aliphatic rings. The fraction of sp³-hybridized carbons (Fsp3) is 0.0556. The Balaban J connectivity index is 1.63. The van der Waals surface area contributed by atoms with Crippen LogP contribution in [0.5, 0.6) is 5.75 Å². The lowest BCUT2D eigenvalue weighted by molar-refractivity contribution is 0.102. The molecular formula is C18H14N4O2S. The van der Waals surface area contributed by atoms with Gasteiger partial charge in [-0.2, -0.15) is 5.10 Å². The molecule has 0 saturated heterocycles. The average molecular weight is 350 g/mol. The molecule has 0 bridgehead atoms. The minimum absolute atomic E-state index is 0.185. The Morgan fingerprint density at radius 2 is 2.04 bits per heavy atom. The summed E-state index contributed by atoms with van der Waals surface area (Å²) in [4.78, 5) is 16.3. The van der Waals surface area contributed by atoms with Crippen molar-refractivity contribution in [2.45, 2.75) is 0 Å². The lowest BCUT2D eigenvalue weighted by atomic mass is 10.1. The summed E-state index contributed by atoms with van der Waals surface area (Å²) in [5.41, 5.74) is 3.24. The molecule has 0 saturated carbocycles. The number of methoxy groups -OCH3 is 1. The summed E-state index contributed by atoms with van der Waals surface area (Å²) in [6.07, 6.45) is 1.65. The summed E-state index contributed by atoms with van der Waals surface area (Å²) in [5, 5.41) is 13.5. The van der Waals surface area contributed by atoms with Crippen LogP contribution in [-0.4, -0.2) is 28.2 Å². The van der Waals surface area contributed by atoms with E-state index in [1.807, 2.05) is 35.7 Å². The van der Waals surface area contributed by atoms with Gasteiger partial charge in [-0.3, -0.25) is 15.2 Å². The molecule has 0 atom stereocenters. The monoisotopic (exact) mass is 350 g/mol. The molecule has 2 aromatic carbocycles. The van der Waals surface area contributed by atoms with Gasteiger partial charge in [0.25, 0.3) is 5.91 Å². The number of thiazole rings is 1. The minimum Gasteiger partial charge on any atom is -0.497 e. The summed E-state index contributed by atoms with van der Waals surface area (Å²) < 4.78 is 5.28. The van der Waals surface area contributed by atoms with Crippen LogP contribution in [0.4, 0.5) is 5.13 Å². The van der Waals surface area contributed by atoms with E-state index in [0.29, 0.717) is 10.7 Å². The number of aromatic nitrogens is 3. The largest absolute Gasteiger partial charge is 0.497 e. The van der Waals surface area contributed by atoms with Crippen molar-refractivity contribution in [3.05, 3.63) is 59.6 Å². The van der Waals surface area contributed by atoms with Gasteiger partial charge in [-0.15, -0.1) is 11.3 Å². The van der Waals surface area contributed by atoms with Crippen molar-refractivity contribution in [3.8, 4) is 17.0 Å². The fourth-order valence-electron chi connectivity index (χ4n) is 2.57. The third-order valence-electron chi connectivity index (χ3n) is 3.84. The second kappa shape index (κ2) is 6.37. The smallest absolute Gasteiger partial charge is 0.257 e. The van der Waals surface area contributed by atoms with Crippen LogP contribution in [0.25, 0.3) is 22.2 Å². The van der Waals surface area contributed by atoms with Crippen molar-refractivity contribution in [2.24, 2.45) is 0 Å². The van der Waals surface area contributed by atoms with Crippen molar-refractivity contribution in [1.29, 1.82) is 0 Å².